The molecule has 0 radical (unpaired) electrons. The Bertz CT molecular complexity index is 874. The number of carbonyl (C=O) groups excluding carboxylic acids is 1. The van der Waals surface area contributed by atoms with Gasteiger partial charge in [0.25, 0.3) is 5.69 Å². The van der Waals surface area contributed by atoms with Crippen molar-refractivity contribution in [2.45, 2.75) is 6.54 Å². The van der Waals surface area contributed by atoms with Crippen molar-refractivity contribution in [1.82, 2.24) is 0 Å². The van der Waals surface area contributed by atoms with E-state index >= 15 is 0 Å². The number of rotatable bonds is 4. The fourth-order valence-corrected chi connectivity index (χ4v) is 2.40. The zero-order chi connectivity index (χ0) is 15.5. The van der Waals surface area contributed by atoms with Crippen LogP contribution in [0.2, 0.25) is 0 Å². The molecule has 0 spiro atoms. The number of nitrogens with zero attached hydrogens (tertiary/aromatic N) is 2. The second kappa shape index (κ2) is 5.73. The van der Waals surface area contributed by atoms with Crippen LogP contribution >= 0.6 is 0 Å². The third kappa shape index (κ3) is 2.69. The molecular formula is C17H13N2O3+. The molecular weight excluding hydrogens is 280 g/mol. The smallest absolute Gasteiger partial charge is 0.280 e. The molecule has 5 nitrogen and oxygen atoms in total. The monoisotopic (exact) mass is 293 g/mol. The molecule has 3 aromatic rings. The zero-order valence-corrected chi connectivity index (χ0v) is 11.7. The normalized spacial score (nSPS) is 10.5. The van der Waals surface area contributed by atoms with E-state index in [-0.39, 0.29) is 23.6 Å². The number of hydrogen-bond acceptors (Lipinski definition) is 3. The van der Waals surface area contributed by atoms with E-state index in [9.17, 15) is 14.9 Å². The third-order valence-corrected chi connectivity index (χ3v) is 3.47. The minimum Gasteiger partial charge on any atom is -0.287 e. The van der Waals surface area contributed by atoms with Gasteiger partial charge in [0, 0.05) is 17.5 Å². The summed E-state index contributed by atoms with van der Waals surface area (Å²) in [6, 6.07) is 15.8. The summed E-state index contributed by atoms with van der Waals surface area (Å²) in [5, 5.41) is 13.1. The maximum atomic E-state index is 12.4. The number of nitro groups is 1. The van der Waals surface area contributed by atoms with Gasteiger partial charge in [0.15, 0.2) is 12.4 Å². The van der Waals surface area contributed by atoms with Gasteiger partial charge in [-0.05, 0) is 17.5 Å². The number of hydrogen-bond donors (Lipinski definition) is 0. The Morgan fingerprint density at radius 1 is 1.00 bits per heavy atom. The van der Waals surface area contributed by atoms with E-state index in [1.807, 2.05) is 36.5 Å². The number of benzene rings is 2. The lowest BCUT2D eigenvalue weighted by Crippen LogP contribution is -2.37. The summed E-state index contributed by atoms with van der Waals surface area (Å²) in [6.07, 6.45) is 3.66. The van der Waals surface area contributed by atoms with E-state index in [0.29, 0.717) is 0 Å². The quantitative estimate of drug-likeness (QED) is 0.321. The molecule has 3 rings (SSSR count). The molecule has 5 heteroatoms. The first-order valence-corrected chi connectivity index (χ1v) is 6.79. The Morgan fingerprint density at radius 2 is 1.68 bits per heavy atom. The summed E-state index contributed by atoms with van der Waals surface area (Å²) in [5.41, 5.74) is -0.0259. The number of fused-ring (bicyclic) bond motifs is 1. The molecule has 1 heterocycles. The second-order valence-electron chi connectivity index (χ2n) is 4.94. The molecule has 0 saturated carbocycles. The Balaban J connectivity index is 1.91. The van der Waals surface area contributed by atoms with E-state index in [1.54, 1.807) is 22.9 Å². The standard InChI is InChI=1S/C17H13N2O3/c20-17(15-7-3-4-8-16(15)19(21)22)12-18-10-9-13-5-1-2-6-14(13)11-18/h1-11H,12H2/q+1. The number of nitro benzene ring substituents is 1. The topological polar surface area (TPSA) is 64.1 Å². The molecule has 0 aliphatic heterocycles. The van der Waals surface area contributed by atoms with Crippen molar-refractivity contribution < 1.29 is 14.3 Å². The van der Waals surface area contributed by atoms with Crippen LogP contribution in [0.5, 0.6) is 0 Å². The number of carbonyl (C=O) groups is 1. The maximum absolute atomic E-state index is 12.4. The van der Waals surface area contributed by atoms with Gasteiger partial charge in [0.2, 0.25) is 12.3 Å². The van der Waals surface area contributed by atoms with Gasteiger partial charge < -0.3 is 0 Å². The Kier molecular flexibility index (Phi) is 3.62. The van der Waals surface area contributed by atoms with Crippen LogP contribution in [0.25, 0.3) is 10.8 Å². The highest BCUT2D eigenvalue weighted by Crippen LogP contribution is 2.18. The maximum Gasteiger partial charge on any atom is 0.280 e. The summed E-state index contributed by atoms with van der Waals surface area (Å²) in [7, 11) is 0. The van der Waals surface area contributed by atoms with Gasteiger partial charge in [0.05, 0.1) is 4.92 Å². The Labute approximate surface area is 126 Å². The van der Waals surface area contributed by atoms with E-state index in [1.165, 1.54) is 12.1 Å². The molecule has 0 N–H and O–H groups in total. The minimum atomic E-state index is -0.529. The molecule has 22 heavy (non-hydrogen) atoms. The largest absolute Gasteiger partial charge is 0.287 e. The highest BCUT2D eigenvalue weighted by molar-refractivity contribution is 5.98. The van der Waals surface area contributed by atoms with Gasteiger partial charge in [-0.25, -0.2) is 0 Å². The SMILES string of the molecule is O=C(C[n+]1ccc2ccccc2c1)c1ccccc1[N+](=O)[O-]. The van der Waals surface area contributed by atoms with Crippen molar-refractivity contribution in [3.8, 4) is 0 Å². The average molecular weight is 293 g/mol. The predicted octanol–water partition coefficient (Wildman–Crippen LogP) is 2.92. The molecule has 0 atom stereocenters. The second-order valence-corrected chi connectivity index (χ2v) is 4.94. The van der Waals surface area contributed by atoms with Crippen molar-refractivity contribution in [2.24, 2.45) is 0 Å². The number of pyridine rings is 1. The molecule has 0 saturated heterocycles. The zero-order valence-electron chi connectivity index (χ0n) is 11.7. The highest BCUT2D eigenvalue weighted by atomic mass is 16.6. The van der Waals surface area contributed by atoms with Crippen molar-refractivity contribution >= 4 is 22.2 Å². The molecule has 0 amide bonds. The van der Waals surface area contributed by atoms with Crippen LogP contribution in [0, 0.1) is 10.1 Å². The van der Waals surface area contributed by atoms with Gasteiger partial charge in [0.1, 0.15) is 5.56 Å². The van der Waals surface area contributed by atoms with E-state index in [0.717, 1.165) is 10.8 Å². The van der Waals surface area contributed by atoms with Crippen LogP contribution in [-0.2, 0) is 6.54 Å². The molecule has 0 aliphatic carbocycles. The molecule has 0 bridgehead atoms. The lowest BCUT2D eigenvalue weighted by molar-refractivity contribution is -0.681. The van der Waals surface area contributed by atoms with Gasteiger partial charge >= 0.3 is 0 Å². The lowest BCUT2D eigenvalue weighted by atomic mass is 10.1. The number of para-hydroxylation sites is 1. The third-order valence-electron chi connectivity index (χ3n) is 3.47. The molecule has 108 valence electrons. The first-order valence-electron chi connectivity index (χ1n) is 6.79. The van der Waals surface area contributed by atoms with Gasteiger partial charge in [-0.3, -0.25) is 14.9 Å². The van der Waals surface area contributed by atoms with Crippen LogP contribution in [-0.4, -0.2) is 10.7 Å². The molecule has 1 aromatic heterocycles. The molecule has 0 fully saturated rings. The van der Waals surface area contributed by atoms with Crippen LogP contribution in [0.15, 0.2) is 67.0 Å². The Morgan fingerprint density at radius 3 is 2.45 bits per heavy atom. The first kappa shape index (κ1) is 13.9. The molecule has 2 aromatic carbocycles. The van der Waals surface area contributed by atoms with Crippen LogP contribution in [0.1, 0.15) is 10.4 Å². The Hall–Kier alpha value is -3.08. The van der Waals surface area contributed by atoms with Crippen LogP contribution in [0.4, 0.5) is 5.69 Å². The van der Waals surface area contributed by atoms with Crippen molar-refractivity contribution in [3.05, 3.63) is 82.7 Å². The number of aromatic nitrogens is 1. The summed E-state index contributed by atoms with van der Waals surface area (Å²) >= 11 is 0. The lowest BCUT2D eigenvalue weighted by Gasteiger charge is -2.01. The predicted molar refractivity (Wildman–Crippen MR) is 81.6 cm³/mol. The van der Waals surface area contributed by atoms with Crippen molar-refractivity contribution in [1.29, 1.82) is 0 Å². The highest BCUT2D eigenvalue weighted by Gasteiger charge is 2.22. The summed E-state index contributed by atoms with van der Waals surface area (Å²) in [5.74, 6) is -0.285. The first-order chi connectivity index (χ1) is 10.6. The number of ketones is 1. The van der Waals surface area contributed by atoms with Gasteiger partial charge in [-0.15, -0.1) is 0 Å². The average Bonchev–Trinajstić information content (AvgIpc) is 2.54. The van der Waals surface area contributed by atoms with Gasteiger partial charge in [-0.2, -0.15) is 4.57 Å². The van der Waals surface area contributed by atoms with E-state index < -0.39 is 4.92 Å². The fraction of sp³-hybridized carbons (Fsp3) is 0.0588. The number of Topliss-reactive ketones (excluding diaryl/α,β-unsaturated/α-hetero) is 1. The van der Waals surface area contributed by atoms with E-state index in [4.69, 9.17) is 0 Å². The summed E-state index contributed by atoms with van der Waals surface area (Å²) < 4.78 is 1.74. The van der Waals surface area contributed by atoms with Crippen LogP contribution in [0.3, 0.4) is 0 Å². The summed E-state index contributed by atoms with van der Waals surface area (Å²) in [4.78, 5) is 22.8. The van der Waals surface area contributed by atoms with Crippen molar-refractivity contribution in [2.75, 3.05) is 0 Å². The van der Waals surface area contributed by atoms with E-state index in [2.05, 4.69) is 0 Å². The summed E-state index contributed by atoms with van der Waals surface area (Å²) in [6.45, 7) is 0.0652. The van der Waals surface area contributed by atoms with Crippen LogP contribution < -0.4 is 4.57 Å². The minimum absolute atomic E-state index is 0.0652. The molecule has 0 unspecified atom stereocenters. The van der Waals surface area contributed by atoms with Crippen molar-refractivity contribution in [3.63, 3.8) is 0 Å². The van der Waals surface area contributed by atoms with Gasteiger partial charge in [-0.1, -0.05) is 30.3 Å². The molecule has 0 aliphatic rings. The fourth-order valence-electron chi connectivity index (χ4n) is 2.40.